The van der Waals surface area contributed by atoms with Crippen LogP contribution in [0.2, 0.25) is 5.02 Å². The van der Waals surface area contributed by atoms with Crippen LogP contribution in [0.3, 0.4) is 0 Å². The van der Waals surface area contributed by atoms with E-state index in [2.05, 4.69) is 4.98 Å². The first-order valence-electron chi connectivity index (χ1n) is 6.41. The Labute approximate surface area is 121 Å². The van der Waals surface area contributed by atoms with E-state index in [0.29, 0.717) is 22.9 Å². The van der Waals surface area contributed by atoms with Crippen LogP contribution in [0.4, 0.5) is 5.69 Å². The van der Waals surface area contributed by atoms with Crippen LogP contribution in [0.1, 0.15) is 22.5 Å². The summed E-state index contributed by atoms with van der Waals surface area (Å²) in [4.78, 5) is 18.2. The highest BCUT2D eigenvalue weighted by molar-refractivity contribution is 6.30. The lowest BCUT2D eigenvalue weighted by Gasteiger charge is -2.29. The largest absolute Gasteiger partial charge is 0.506 e. The molecule has 0 spiro atoms. The van der Waals surface area contributed by atoms with Gasteiger partial charge in [-0.1, -0.05) is 23.7 Å². The molecule has 0 saturated carbocycles. The summed E-state index contributed by atoms with van der Waals surface area (Å²) >= 11 is 5.78. The molecule has 1 N–H and O–H groups in total. The SMILES string of the molecule is O=C(c1ccc(Cl)cn1)N1CCCc2cccc(O)c21. The lowest BCUT2D eigenvalue weighted by atomic mass is 10.0. The molecule has 0 aliphatic carbocycles. The molecule has 1 amide bonds. The number of fused-ring (bicyclic) bond motifs is 1. The number of carbonyl (C=O) groups excluding carboxylic acids is 1. The van der Waals surface area contributed by atoms with E-state index >= 15 is 0 Å². The van der Waals surface area contributed by atoms with Crippen molar-refractivity contribution in [3.05, 3.63) is 52.8 Å². The summed E-state index contributed by atoms with van der Waals surface area (Å²) in [7, 11) is 0. The molecular weight excluding hydrogens is 276 g/mol. The van der Waals surface area contributed by atoms with Gasteiger partial charge in [-0.3, -0.25) is 4.79 Å². The molecule has 20 heavy (non-hydrogen) atoms. The smallest absolute Gasteiger partial charge is 0.276 e. The van der Waals surface area contributed by atoms with Gasteiger partial charge in [0.05, 0.1) is 10.7 Å². The monoisotopic (exact) mass is 288 g/mol. The van der Waals surface area contributed by atoms with Crippen LogP contribution in [0.5, 0.6) is 5.75 Å². The topological polar surface area (TPSA) is 53.4 Å². The number of anilines is 1. The summed E-state index contributed by atoms with van der Waals surface area (Å²) in [5, 5.41) is 10.5. The van der Waals surface area contributed by atoms with Gasteiger partial charge in [0.15, 0.2) is 0 Å². The van der Waals surface area contributed by atoms with E-state index in [1.807, 2.05) is 6.07 Å². The molecule has 0 atom stereocenters. The second kappa shape index (κ2) is 5.13. The number of carbonyl (C=O) groups is 1. The van der Waals surface area contributed by atoms with Gasteiger partial charge in [0, 0.05) is 12.7 Å². The number of aromatic hydroxyl groups is 1. The third kappa shape index (κ3) is 2.23. The summed E-state index contributed by atoms with van der Waals surface area (Å²) in [5.74, 6) is -0.0892. The van der Waals surface area contributed by atoms with Crippen molar-refractivity contribution in [2.45, 2.75) is 12.8 Å². The number of para-hydroxylation sites is 1. The third-order valence-electron chi connectivity index (χ3n) is 3.39. The fourth-order valence-electron chi connectivity index (χ4n) is 2.47. The number of amides is 1. The van der Waals surface area contributed by atoms with E-state index in [1.165, 1.54) is 6.20 Å². The van der Waals surface area contributed by atoms with Crippen LogP contribution in [0, 0.1) is 0 Å². The molecule has 5 heteroatoms. The number of halogens is 1. The highest BCUT2D eigenvalue weighted by Crippen LogP contribution is 2.36. The van der Waals surface area contributed by atoms with E-state index in [9.17, 15) is 9.90 Å². The zero-order valence-corrected chi connectivity index (χ0v) is 11.5. The van der Waals surface area contributed by atoms with E-state index < -0.39 is 0 Å². The molecule has 102 valence electrons. The lowest BCUT2D eigenvalue weighted by Crippen LogP contribution is -2.36. The first-order valence-corrected chi connectivity index (χ1v) is 6.79. The summed E-state index contributed by atoms with van der Waals surface area (Å²) in [6.07, 6.45) is 3.18. The van der Waals surface area contributed by atoms with Crippen molar-refractivity contribution in [2.75, 3.05) is 11.4 Å². The zero-order chi connectivity index (χ0) is 14.1. The quantitative estimate of drug-likeness (QED) is 0.877. The van der Waals surface area contributed by atoms with Gasteiger partial charge in [0.25, 0.3) is 5.91 Å². The number of aromatic nitrogens is 1. The van der Waals surface area contributed by atoms with Gasteiger partial charge < -0.3 is 10.0 Å². The second-order valence-corrected chi connectivity index (χ2v) is 5.14. The summed E-state index contributed by atoms with van der Waals surface area (Å²) in [6, 6.07) is 8.56. The van der Waals surface area contributed by atoms with Gasteiger partial charge in [-0.25, -0.2) is 4.98 Å². The van der Waals surface area contributed by atoms with Gasteiger partial charge in [0.2, 0.25) is 0 Å². The summed E-state index contributed by atoms with van der Waals surface area (Å²) < 4.78 is 0. The van der Waals surface area contributed by atoms with Crippen molar-refractivity contribution in [1.82, 2.24) is 4.98 Å². The summed E-state index contributed by atoms with van der Waals surface area (Å²) in [5.41, 5.74) is 1.91. The predicted molar refractivity (Wildman–Crippen MR) is 77.4 cm³/mol. The van der Waals surface area contributed by atoms with Crippen LogP contribution in [0.25, 0.3) is 0 Å². The van der Waals surface area contributed by atoms with Crippen LogP contribution in [-0.4, -0.2) is 22.5 Å². The van der Waals surface area contributed by atoms with Crippen molar-refractivity contribution < 1.29 is 9.90 Å². The number of phenolic OH excluding ortho intramolecular Hbond substituents is 1. The molecule has 2 heterocycles. The fourth-order valence-corrected chi connectivity index (χ4v) is 2.59. The number of hydrogen-bond acceptors (Lipinski definition) is 3. The number of nitrogens with zero attached hydrogens (tertiary/aromatic N) is 2. The van der Waals surface area contributed by atoms with Gasteiger partial charge in [0.1, 0.15) is 11.4 Å². The average molecular weight is 289 g/mol. The average Bonchev–Trinajstić information content (AvgIpc) is 2.47. The molecule has 0 fully saturated rings. The maximum atomic E-state index is 12.5. The highest BCUT2D eigenvalue weighted by atomic mass is 35.5. The predicted octanol–water partition coefficient (Wildman–Crippen LogP) is 3.03. The Hall–Kier alpha value is -2.07. The molecule has 0 unspecified atom stereocenters. The van der Waals surface area contributed by atoms with Crippen molar-refractivity contribution in [3.8, 4) is 5.75 Å². The number of aryl methyl sites for hydroxylation is 1. The second-order valence-electron chi connectivity index (χ2n) is 4.71. The van der Waals surface area contributed by atoms with E-state index in [-0.39, 0.29) is 11.7 Å². The molecule has 1 aliphatic rings. The molecule has 0 bridgehead atoms. The van der Waals surface area contributed by atoms with Crippen molar-refractivity contribution in [1.29, 1.82) is 0 Å². The van der Waals surface area contributed by atoms with Crippen molar-refractivity contribution in [2.24, 2.45) is 0 Å². The van der Waals surface area contributed by atoms with E-state index in [4.69, 9.17) is 11.6 Å². The first kappa shape index (κ1) is 12.9. The number of pyridine rings is 1. The molecule has 1 aromatic heterocycles. The van der Waals surface area contributed by atoms with Crippen molar-refractivity contribution in [3.63, 3.8) is 0 Å². The van der Waals surface area contributed by atoms with Crippen LogP contribution in [-0.2, 0) is 6.42 Å². The molecular formula is C15H13ClN2O2. The van der Waals surface area contributed by atoms with Crippen LogP contribution < -0.4 is 4.90 Å². The zero-order valence-electron chi connectivity index (χ0n) is 10.7. The standard InChI is InChI=1S/C15H13ClN2O2/c16-11-6-7-12(17-9-11)15(20)18-8-2-4-10-3-1-5-13(19)14(10)18/h1,3,5-7,9,19H,2,4,8H2. The Morgan fingerprint density at radius 1 is 1.30 bits per heavy atom. The Balaban J connectivity index is 2.00. The number of rotatable bonds is 1. The molecule has 0 saturated heterocycles. The minimum absolute atomic E-state index is 0.129. The van der Waals surface area contributed by atoms with Crippen LogP contribution in [0.15, 0.2) is 36.5 Å². The molecule has 4 nitrogen and oxygen atoms in total. The maximum Gasteiger partial charge on any atom is 0.276 e. The third-order valence-corrected chi connectivity index (χ3v) is 3.61. The number of phenols is 1. The Morgan fingerprint density at radius 3 is 2.90 bits per heavy atom. The number of hydrogen-bond donors (Lipinski definition) is 1. The van der Waals surface area contributed by atoms with Crippen molar-refractivity contribution >= 4 is 23.2 Å². The highest BCUT2D eigenvalue weighted by Gasteiger charge is 2.26. The van der Waals surface area contributed by atoms with E-state index in [1.54, 1.807) is 29.2 Å². The van der Waals surface area contributed by atoms with Crippen LogP contribution >= 0.6 is 11.6 Å². The van der Waals surface area contributed by atoms with Gasteiger partial charge in [-0.15, -0.1) is 0 Å². The molecule has 2 aromatic rings. The maximum absolute atomic E-state index is 12.5. The lowest BCUT2D eigenvalue weighted by molar-refractivity contribution is 0.0979. The molecule has 1 aromatic carbocycles. The Kier molecular flexibility index (Phi) is 3.32. The summed E-state index contributed by atoms with van der Waals surface area (Å²) in [6.45, 7) is 0.577. The molecule has 3 rings (SSSR count). The Morgan fingerprint density at radius 2 is 2.15 bits per heavy atom. The normalized spacial score (nSPS) is 13.9. The fraction of sp³-hybridized carbons (Fsp3) is 0.200. The minimum atomic E-state index is -0.218. The van der Waals surface area contributed by atoms with Gasteiger partial charge >= 0.3 is 0 Å². The first-order chi connectivity index (χ1) is 9.66. The molecule has 1 aliphatic heterocycles. The van der Waals surface area contributed by atoms with Gasteiger partial charge in [-0.05, 0) is 36.6 Å². The van der Waals surface area contributed by atoms with Gasteiger partial charge in [-0.2, -0.15) is 0 Å². The Bertz CT molecular complexity index is 655. The number of benzene rings is 1. The minimum Gasteiger partial charge on any atom is -0.506 e. The molecule has 0 radical (unpaired) electrons. The van der Waals surface area contributed by atoms with E-state index in [0.717, 1.165) is 18.4 Å².